The van der Waals surface area contributed by atoms with Gasteiger partial charge in [-0.15, -0.1) is 0 Å². The van der Waals surface area contributed by atoms with Crippen molar-refractivity contribution in [2.75, 3.05) is 45.2 Å². The normalized spacial score (nSPS) is 17.1. The van der Waals surface area contributed by atoms with Crippen LogP contribution >= 0.6 is 0 Å². The molecule has 0 bridgehead atoms. The predicted octanol–water partition coefficient (Wildman–Crippen LogP) is 3.09. The van der Waals surface area contributed by atoms with Crippen molar-refractivity contribution >= 4 is 5.69 Å². The van der Waals surface area contributed by atoms with E-state index >= 15 is 0 Å². The Morgan fingerprint density at radius 1 is 1.08 bits per heavy atom. The fraction of sp³-hybridized carbons (Fsp3) is 0.476. The van der Waals surface area contributed by atoms with Crippen LogP contribution in [0.15, 0.2) is 42.6 Å². The van der Waals surface area contributed by atoms with E-state index in [1.165, 1.54) is 23.2 Å². The van der Waals surface area contributed by atoms with Crippen LogP contribution in [0.4, 0.5) is 5.69 Å². The molecule has 0 spiro atoms. The van der Waals surface area contributed by atoms with Gasteiger partial charge in [-0.2, -0.15) is 0 Å². The summed E-state index contributed by atoms with van der Waals surface area (Å²) in [6.07, 6.45) is 4.25. The maximum absolute atomic E-state index is 4.82. The van der Waals surface area contributed by atoms with Crippen molar-refractivity contribution in [3.05, 3.63) is 59.4 Å². The molecule has 2 heterocycles. The van der Waals surface area contributed by atoms with Crippen LogP contribution in [0.25, 0.3) is 0 Å². The van der Waals surface area contributed by atoms with Crippen molar-refractivity contribution in [2.24, 2.45) is 0 Å². The van der Waals surface area contributed by atoms with Crippen LogP contribution in [0.1, 0.15) is 36.2 Å². The maximum atomic E-state index is 4.82. The number of pyridine rings is 1. The molecule has 4 nitrogen and oxygen atoms in total. The minimum atomic E-state index is 0.224. The summed E-state index contributed by atoms with van der Waals surface area (Å²) in [7, 11) is 4.16. The van der Waals surface area contributed by atoms with Crippen LogP contribution in [0, 0.1) is 0 Å². The fourth-order valence-corrected chi connectivity index (χ4v) is 3.46. The Morgan fingerprint density at radius 3 is 2.52 bits per heavy atom. The molecular weight excluding hydrogens is 308 g/mol. The molecule has 1 aromatic carbocycles. The number of nitrogens with zero attached hydrogens (tertiary/aromatic N) is 3. The Balaban J connectivity index is 1.94. The van der Waals surface area contributed by atoms with E-state index in [0.717, 1.165) is 38.3 Å². The minimum Gasteiger partial charge on any atom is -0.378 e. The Morgan fingerprint density at radius 2 is 1.88 bits per heavy atom. The Kier molecular flexibility index (Phi) is 6.05. The van der Waals surface area contributed by atoms with E-state index in [9.17, 15) is 0 Å². The number of anilines is 1. The van der Waals surface area contributed by atoms with Crippen LogP contribution in [0.5, 0.6) is 0 Å². The fourth-order valence-electron chi connectivity index (χ4n) is 3.46. The molecule has 1 unspecified atom stereocenters. The van der Waals surface area contributed by atoms with Crippen molar-refractivity contribution in [3.8, 4) is 0 Å². The molecule has 0 amide bonds. The third-order valence-corrected chi connectivity index (χ3v) is 5.00. The molecule has 1 aromatic heterocycles. The van der Waals surface area contributed by atoms with Crippen molar-refractivity contribution < 1.29 is 0 Å². The summed E-state index contributed by atoms with van der Waals surface area (Å²) in [5, 5.41) is 3.51. The molecule has 1 fully saturated rings. The molecule has 0 aliphatic carbocycles. The van der Waals surface area contributed by atoms with Crippen LogP contribution < -0.4 is 10.2 Å². The summed E-state index contributed by atoms with van der Waals surface area (Å²) in [4.78, 5) is 9.53. The van der Waals surface area contributed by atoms with E-state index in [1.54, 1.807) is 0 Å². The second kappa shape index (κ2) is 8.45. The highest BCUT2D eigenvalue weighted by Gasteiger charge is 2.24. The molecule has 1 aliphatic heterocycles. The van der Waals surface area contributed by atoms with Crippen molar-refractivity contribution in [1.29, 1.82) is 0 Å². The van der Waals surface area contributed by atoms with Crippen molar-refractivity contribution in [3.63, 3.8) is 0 Å². The summed E-state index contributed by atoms with van der Waals surface area (Å²) in [6, 6.07) is 13.6. The van der Waals surface area contributed by atoms with Gasteiger partial charge in [0, 0.05) is 45.6 Å². The second-order valence-electron chi connectivity index (χ2n) is 6.97. The zero-order valence-electron chi connectivity index (χ0n) is 15.7. The van der Waals surface area contributed by atoms with E-state index in [0.29, 0.717) is 0 Å². The molecule has 2 aromatic rings. The lowest BCUT2D eigenvalue weighted by Gasteiger charge is -2.31. The van der Waals surface area contributed by atoms with Crippen LogP contribution in [0.3, 0.4) is 0 Å². The SMILES string of the molecule is CCc1ccc(C(c2ccc(N(C)C)cc2)N2CCCNCC2)nc1. The van der Waals surface area contributed by atoms with Gasteiger partial charge in [-0.1, -0.05) is 25.1 Å². The smallest absolute Gasteiger partial charge is 0.0776 e. The van der Waals surface area contributed by atoms with Crippen LogP contribution in [-0.4, -0.2) is 50.2 Å². The number of rotatable bonds is 5. The molecule has 1 saturated heterocycles. The number of aryl methyl sites for hydroxylation is 1. The molecule has 4 heteroatoms. The number of nitrogens with one attached hydrogen (secondary N) is 1. The minimum absolute atomic E-state index is 0.224. The van der Waals surface area contributed by atoms with E-state index in [-0.39, 0.29) is 6.04 Å². The molecule has 0 radical (unpaired) electrons. The number of hydrogen-bond donors (Lipinski definition) is 1. The zero-order chi connectivity index (χ0) is 17.6. The molecule has 1 aliphatic rings. The summed E-state index contributed by atoms with van der Waals surface area (Å²) in [5.74, 6) is 0. The molecule has 134 valence electrons. The average molecular weight is 338 g/mol. The molecule has 0 saturated carbocycles. The quantitative estimate of drug-likeness (QED) is 0.908. The Bertz CT molecular complexity index is 641. The molecular formula is C21H30N4. The lowest BCUT2D eigenvalue weighted by molar-refractivity contribution is 0.237. The second-order valence-corrected chi connectivity index (χ2v) is 6.97. The lowest BCUT2D eigenvalue weighted by atomic mass is 9.99. The van der Waals surface area contributed by atoms with Gasteiger partial charge in [0.1, 0.15) is 0 Å². The average Bonchev–Trinajstić information content (AvgIpc) is 2.92. The monoisotopic (exact) mass is 338 g/mol. The van der Waals surface area contributed by atoms with Crippen LogP contribution in [-0.2, 0) is 6.42 Å². The first-order valence-corrected chi connectivity index (χ1v) is 9.36. The molecule has 1 atom stereocenters. The van der Waals surface area contributed by atoms with Gasteiger partial charge in [-0.05, 0) is 48.7 Å². The van der Waals surface area contributed by atoms with Gasteiger partial charge >= 0.3 is 0 Å². The van der Waals surface area contributed by atoms with Gasteiger partial charge in [-0.25, -0.2) is 0 Å². The standard InChI is InChI=1S/C21H30N4/c1-4-17-6-11-20(23-16-17)21(25-14-5-12-22-13-15-25)18-7-9-19(10-8-18)24(2)3/h6-11,16,21-22H,4-5,12-15H2,1-3H3. The lowest BCUT2D eigenvalue weighted by Crippen LogP contribution is -2.33. The largest absolute Gasteiger partial charge is 0.378 e. The third-order valence-electron chi connectivity index (χ3n) is 5.00. The summed E-state index contributed by atoms with van der Waals surface area (Å²) < 4.78 is 0. The van der Waals surface area contributed by atoms with Gasteiger partial charge in [0.05, 0.1) is 11.7 Å². The summed E-state index contributed by atoms with van der Waals surface area (Å²) in [5.41, 5.74) is 5.00. The van der Waals surface area contributed by atoms with Gasteiger partial charge in [0.2, 0.25) is 0 Å². The Hall–Kier alpha value is -1.91. The highest BCUT2D eigenvalue weighted by molar-refractivity contribution is 5.47. The predicted molar refractivity (Wildman–Crippen MR) is 105 cm³/mol. The topological polar surface area (TPSA) is 31.4 Å². The first-order chi connectivity index (χ1) is 12.2. The summed E-state index contributed by atoms with van der Waals surface area (Å²) >= 11 is 0. The third kappa shape index (κ3) is 4.39. The first-order valence-electron chi connectivity index (χ1n) is 9.36. The molecule has 1 N–H and O–H groups in total. The number of hydrogen-bond acceptors (Lipinski definition) is 4. The Labute approximate surface area is 151 Å². The van der Waals surface area contributed by atoms with E-state index < -0.39 is 0 Å². The van der Waals surface area contributed by atoms with E-state index in [4.69, 9.17) is 4.98 Å². The summed E-state index contributed by atoms with van der Waals surface area (Å²) in [6.45, 7) is 6.47. The number of aromatic nitrogens is 1. The molecule has 25 heavy (non-hydrogen) atoms. The van der Waals surface area contributed by atoms with Crippen LogP contribution in [0.2, 0.25) is 0 Å². The maximum Gasteiger partial charge on any atom is 0.0776 e. The van der Waals surface area contributed by atoms with E-state index in [1.807, 2.05) is 6.20 Å². The first kappa shape index (κ1) is 17.9. The van der Waals surface area contributed by atoms with Gasteiger partial charge < -0.3 is 10.2 Å². The van der Waals surface area contributed by atoms with Gasteiger partial charge in [0.25, 0.3) is 0 Å². The molecule has 3 rings (SSSR count). The van der Waals surface area contributed by atoms with Crippen molar-refractivity contribution in [2.45, 2.75) is 25.8 Å². The van der Waals surface area contributed by atoms with Crippen molar-refractivity contribution in [1.82, 2.24) is 15.2 Å². The zero-order valence-corrected chi connectivity index (χ0v) is 15.7. The van der Waals surface area contributed by atoms with Gasteiger partial charge in [0.15, 0.2) is 0 Å². The highest BCUT2D eigenvalue weighted by atomic mass is 15.2. The van der Waals surface area contributed by atoms with E-state index in [2.05, 4.69) is 72.5 Å². The highest BCUT2D eigenvalue weighted by Crippen LogP contribution is 2.29. The number of benzene rings is 1. The van der Waals surface area contributed by atoms with Gasteiger partial charge in [-0.3, -0.25) is 9.88 Å².